The van der Waals surface area contributed by atoms with Gasteiger partial charge < -0.3 is 14.8 Å². The van der Waals surface area contributed by atoms with Crippen LogP contribution < -0.4 is 10.1 Å². The van der Waals surface area contributed by atoms with Crippen LogP contribution in [0.25, 0.3) is 0 Å². The molecular formula is C17H25NO2. The molecule has 1 aliphatic carbocycles. The van der Waals surface area contributed by atoms with E-state index in [4.69, 9.17) is 9.47 Å². The average molecular weight is 275 g/mol. The SMILES string of the molecule is CCc1cccc(OCC2CCC(CNC3CC3)O2)c1. The van der Waals surface area contributed by atoms with E-state index in [9.17, 15) is 0 Å². The van der Waals surface area contributed by atoms with E-state index in [1.807, 2.05) is 6.07 Å². The summed E-state index contributed by atoms with van der Waals surface area (Å²) in [6.07, 6.45) is 6.64. The zero-order valence-electron chi connectivity index (χ0n) is 12.3. The molecule has 1 saturated carbocycles. The quantitative estimate of drug-likeness (QED) is 0.830. The summed E-state index contributed by atoms with van der Waals surface area (Å²) in [5.41, 5.74) is 1.32. The van der Waals surface area contributed by atoms with Crippen LogP contribution in [0.4, 0.5) is 0 Å². The fourth-order valence-electron chi connectivity index (χ4n) is 2.68. The lowest BCUT2D eigenvalue weighted by molar-refractivity contribution is 0.0184. The summed E-state index contributed by atoms with van der Waals surface area (Å²) in [6, 6.07) is 9.12. The molecule has 0 spiro atoms. The van der Waals surface area contributed by atoms with Gasteiger partial charge in [0.1, 0.15) is 12.4 Å². The maximum atomic E-state index is 6.03. The second-order valence-corrected chi connectivity index (χ2v) is 5.95. The first-order valence-electron chi connectivity index (χ1n) is 7.94. The predicted molar refractivity (Wildman–Crippen MR) is 80.2 cm³/mol. The Labute approximate surface area is 121 Å². The van der Waals surface area contributed by atoms with Crippen molar-refractivity contribution < 1.29 is 9.47 Å². The third kappa shape index (κ3) is 3.97. The third-order valence-electron chi connectivity index (χ3n) is 4.15. The summed E-state index contributed by atoms with van der Waals surface area (Å²) in [5.74, 6) is 0.965. The zero-order chi connectivity index (χ0) is 13.8. The monoisotopic (exact) mass is 275 g/mol. The molecule has 1 saturated heterocycles. The molecule has 2 aliphatic rings. The molecular weight excluding hydrogens is 250 g/mol. The lowest BCUT2D eigenvalue weighted by Crippen LogP contribution is -2.29. The van der Waals surface area contributed by atoms with Gasteiger partial charge in [-0.15, -0.1) is 0 Å². The predicted octanol–water partition coefficient (Wildman–Crippen LogP) is 2.93. The Kier molecular flexibility index (Phi) is 4.58. The summed E-state index contributed by atoms with van der Waals surface area (Å²) in [7, 11) is 0. The number of benzene rings is 1. The molecule has 2 fully saturated rings. The Hall–Kier alpha value is -1.06. The molecule has 0 amide bonds. The van der Waals surface area contributed by atoms with Crippen molar-refractivity contribution in [2.24, 2.45) is 0 Å². The van der Waals surface area contributed by atoms with Crippen LogP contribution in [0.1, 0.15) is 38.2 Å². The van der Waals surface area contributed by atoms with Crippen molar-refractivity contribution in [2.45, 2.75) is 57.3 Å². The fourth-order valence-corrected chi connectivity index (χ4v) is 2.68. The highest BCUT2D eigenvalue weighted by molar-refractivity contribution is 5.28. The topological polar surface area (TPSA) is 30.5 Å². The molecule has 3 heteroatoms. The van der Waals surface area contributed by atoms with Crippen molar-refractivity contribution in [3.8, 4) is 5.75 Å². The van der Waals surface area contributed by atoms with Gasteiger partial charge in [-0.25, -0.2) is 0 Å². The highest BCUT2D eigenvalue weighted by Crippen LogP contribution is 2.23. The van der Waals surface area contributed by atoms with Crippen LogP contribution in [0, 0.1) is 0 Å². The molecule has 2 unspecified atom stereocenters. The number of nitrogens with one attached hydrogen (secondary N) is 1. The summed E-state index contributed by atoms with van der Waals surface area (Å²) in [4.78, 5) is 0. The van der Waals surface area contributed by atoms with Crippen molar-refractivity contribution in [1.29, 1.82) is 0 Å². The minimum Gasteiger partial charge on any atom is -0.491 e. The van der Waals surface area contributed by atoms with Gasteiger partial charge in [0.15, 0.2) is 0 Å². The summed E-state index contributed by atoms with van der Waals surface area (Å²) in [6.45, 7) is 3.84. The van der Waals surface area contributed by atoms with Gasteiger partial charge >= 0.3 is 0 Å². The second kappa shape index (κ2) is 6.59. The molecule has 1 N–H and O–H groups in total. The number of rotatable bonds is 7. The van der Waals surface area contributed by atoms with Crippen LogP contribution in [0.3, 0.4) is 0 Å². The van der Waals surface area contributed by atoms with Gasteiger partial charge in [0.2, 0.25) is 0 Å². The van der Waals surface area contributed by atoms with E-state index < -0.39 is 0 Å². The standard InChI is InChI=1S/C17H25NO2/c1-2-13-4-3-5-15(10-13)19-12-17-9-8-16(20-17)11-18-14-6-7-14/h3-5,10,14,16-18H,2,6-9,11-12H2,1H3. The Morgan fingerprint density at radius 3 is 2.85 bits per heavy atom. The van der Waals surface area contributed by atoms with Gasteiger partial charge in [-0.3, -0.25) is 0 Å². The van der Waals surface area contributed by atoms with E-state index in [1.54, 1.807) is 0 Å². The average Bonchev–Trinajstić information content (AvgIpc) is 3.21. The van der Waals surface area contributed by atoms with E-state index >= 15 is 0 Å². The van der Waals surface area contributed by atoms with Crippen molar-refractivity contribution in [2.75, 3.05) is 13.2 Å². The van der Waals surface area contributed by atoms with Gasteiger partial charge in [-0.1, -0.05) is 19.1 Å². The normalized spacial score (nSPS) is 25.9. The van der Waals surface area contributed by atoms with E-state index in [1.165, 1.54) is 18.4 Å². The Bertz CT molecular complexity index is 431. The third-order valence-corrected chi connectivity index (χ3v) is 4.15. The van der Waals surface area contributed by atoms with Crippen LogP contribution in [-0.4, -0.2) is 31.4 Å². The molecule has 0 radical (unpaired) electrons. The number of hydrogen-bond acceptors (Lipinski definition) is 3. The van der Waals surface area contributed by atoms with Crippen LogP contribution in [-0.2, 0) is 11.2 Å². The molecule has 3 nitrogen and oxygen atoms in total. The van der Waals surface area contributed by atoms with Gasteiger partial charge in [0.25, 0.3) is 0 Å². The summed E-state index contributed by atoms with van der Waals surface area (Å²) in [5, 5.41) is 3.54. The second-order valence-electron chi connectivity index (χ2n) is 5.95. The molecule has 1 heterocycles. The lowest BCUT2D eigenvalue weighted by atomic mass is 10.1. The van der Waals surface area contributed by atoms with Crippen LogP contribution >= 0.6 is 0 Å². The Morgan fingerprint density at radius 2 is 2.05 bits per heavy atom. The van der Waals surface area contributed by atoms with Crippen molar-refractivity contribution in [1.82, 2.24) is 5.32 Å². The zero-order valence-corrected chi connectivity index (χ0v) is 12.3. The number of aryl methyl sites for hydroxylation is 1. The highest BCUT2D eigenvalue weighted by Gasteiger charge is 2.28. The molecule has 0 bridgehead atoms. The first-order valence-corrected chi connectivity index (χ1v) is 7.94. The van der Waals surface area contributed by atoms with Gasteiger partial charge in [-0.05, 0) is 49.8 Å². The van der Waals surface area contributed by atoms with Crippen molar-refractivity contribution in [3.63, 3.8) is 0 Å². The van der Waals surface area contributed by atoms with Gasteiger partial charge in [0, 0.05) is 12.6 Å². The van der Waals surface area contributed by atoms with E-state index in [-0.39, 0.29) is 6.10 Å². The lowest BCUT2D eigenvalue weighted by Gasteiger charge is -2.15. The highest BCUT2D eigenvalue weighted by atomic mass is 16.5. The minimum atomic E-state index is 0.256. The minimum absolute atomic E-state index is 0.256. The molecule has 1 aromatic rings. The van der Waals surface area contributed by atoms with E-state index in [2.05, 4.69) is 30.4 Å². The summed E-state index contributed by atoms with van der Waals surface area (Å²) >= 11 is 0. The summed E-state index contributed by atoms with van der Waals surface area (Å²) < 4.78 is 11.9. The Balaban J connectivity index is 1.39. The fraction of sp³-hybridized carbons (Fsp3) is 0.647. The molecule has 0 aromatic heterocycles. The molecule has 3 rings (SSSR count). The molecule has 1 aliphatic heterocycles. The molecule has 2 atom stereocenters. The maximum absolute atomic E-state index is 6.03. The Morgan fingerprint density at radius 1 is 1.20 bits per heavy atom. The maximum Gasteiger partial charge on any atom is 0.119 e. The van der Waals surface area contributed by atoms with E-state index in [0.717, 1.165) is 37.6 Å². The van der Waals surface area contributed by atoms with E-state index in [0.29, 0.717) is 12.7 Å². The molecule has 110 valence electrons. The van der Waals surface area contributed by atoms with Crippen LogP contribution in [0.2, 0.25) is 0 Å². The number of ether oxygens (including phenoxy) is 2. The van der Waals surface area contributed by atoms with Crippen molar-refractivity contribution >= 4 is 0 Å². The first kappa shape index (κ1) is 13.9. The molecule has 1 aromatic carbocycles. The smallest absolute Gasteiger partial charge is 0.119 e. The molecule has 20 heavy (non-hydrogen) atoms. The number of hydrogen-bond donors (Lipinski definition) is 1. The van der Waals surface area contributed by atoms with Crippen LogP contribution in [0.5, 0.6) is 5.75 Å². The van der Waals surface area contributed by atoms with Crippen molar-refractivity contribution in [3.05, 3.63) is 29.8 Å². The van der Waals surface area contributed by atoms with Gasteiger partial charge in [0.05, 0.1) is 12.2 Å². The largest absolute Gasteiger partial charge is 0.491 e. The van der Waals surface area contributed by atoms with Crippen LogP contribution in [0.15, 0.2) is 24.3 Å². The first-order chi connectivity index (χ1) is 9.83. The van der Waals surface area contributed by atoms with Gasteiger partial charge in [-0.2, -0.15) is 0 Å².